The van der Waals surface area contributed by atoms with Crippen molar-refractivity contribution in [2.24, 2.45) is 17.8 Å². The fraction of sp³-hybridized carbons (Fsp3) is 1.00. The predicted octanol–water partition coefficient (Wildman–Crippen LogP) is 1.45. The van der Waals surface area contributed by atoms with Crippen molar-refractivity contribution in [2.45, 2.75) is 38.4 Å². The molecule has 1 saturated heterocycles. The second-order valence-corrected chi connectivity index (χ2v) is 8.22. The maximum absolute atomic E-state index is 12.3. The first-order valence-corrected chi connectivity index (χ1v) is 8.11. The Labute approximate surface area is 98.9 Å². The lowest BCUT2D eigenvalue weighted by Gasteiger charge is -2.34. The molecule has 2 fully saturated rings. The maximum Gasteiger partial charge on any atom is 0.153 e. The van der Waals surface area contributed by atoms with Gasteiger partial charge in [-0.1, -0.05) is 13.8 Å². The van der Waals surface area contributed by atoms with Crippen LogP contribution >= 0.6 is 0 Å². The van der Waals surface area contributed by atoms with E-state index in [-0.39, 0.29) is 5.25 Å². The summed E-state index contributed by atoms with van der Waals surface area (Å²) >= 11 is 0. The number of sulfone groups is 1. The van der Waals surface area contributed by atoms with Crippen LogP contribution in [0, 0.1) is 17.8 Å². The number of hydrogen-bond donors (Lipinski definition) is 1. The Balaban J connectivity index is 1.98. The summed E-state index contributed by atoms with van der Waals surface area (Å²) in [6.45, 7) is 6.14. The molecule has 1 N–H and O–H groups in total. The number of rotatable bonds is 3. The van der Waals surface area contributed by atoms with Crippen molar-refractivity contribution in [2.75, 3.05) is 18.8 Å². The molecule has 0 amide bonds. The Hall–Kier alpha value is -0.0900. The van der Waals surface area contributed by atoms with Crippen LogP contribution in [0.2, 0.25) is 0 Å². The summed E-state index contributed by atoms with van der Waals surface area (Å²) in [7, 11) is -2.85. The summed E-state index contributed by atoms with van der Waals surface area (Å²) in [6, 6.07) is 0. The number of nitrogens with one attached hydrogen (secondary N) is 1. The van der Waals surface area contributed by atoms with Crippen molar-refractivity contribution in [3.8, 4) is 0 Å². The molecule has 0 aromatic heterocycles. The van der Waals surface area contributed by atoms with Crippen molar-refractivity contribution < 1.29 is 8.42 Å². The first-order valence-electron chi connectivity index (χ1n) is 6.39. The van der Waals surface area contributed by atoms with Gasteiger partial charge in [-0.25, -0.2) is 8.42 Å². The van der Waals surface area contributed by atoms with Gasteiger partial charge in [-0.3, -0.25) is 0 Å². The van der Waals surface area contributed by atoms with Gasteiger partial charge in [0.1, 0.15) is 0 Å². The van der Waals surface area contributed by atoms with Crippen LogP contribution in [0.3, 0.4) is 0 Å². The second-order valence-electron chi connectivity index (χ2n) is 5.89. The van der Waals surface area contributed by atoms with Crippen LogP contribution in [0.25, 0.3) is 0 Å². The van der Waals surface area contributed by atoms with Gasteiger partial charge >= 0.3 is 0 Å². The van der Waals surface area contributed by atoms with E-state index in [1.807, 2.05) is 0 Å². The zero-order valence-electron chi connectivity index (χ0n) is 10.3. The first-order chi connectivity index (χ1) is 7.47. The molecule has 94 valence electrons. The molecule has 1 heterocycles. The zero-order chi connectivity index (χ0) is 11.8. The normalized spacial score (nSPS) is 37.0. The van der Waals surface area contributed by atoms with Gasteiger partial charge in [-0.2, -0.15) is 0 Å². The molecule has 1 aliphatic carbocycles. The molecule has 0 bridgehead atoms. The molecule has 0 radical (unpaired) electrons. The molecule has 2 atom stereocenters. The lowest BCUT2D eigenvalue weighted by Crippen LogP contribution is -2.47. The molecule has 16 heavy (non-hydrogen) atoms. The van der Waals surface area contributed by atoms with Crippen LogP contribution in [0.15, 0.2) is 0 Å². The molecular formula is C12H23NO2S. The summed E-state index contributed by atoms with van der Waals surface area (Å²) < 4.78 is 24.5. The Kier molecular flexibility index (Phi) is 3.59. The van der Waals surface area contributed by atoms with E-state index < -0.39 is 9.84 Å². The van der Waals surface area contributed by atoms with Crippen LogP contribution in [-0.2, 0) is 9.84 Å². The van der Waals surface area contributed by atoms with Gasteiger partial charge in [0.15, 0.2) is 9.84 Å². The smallest absolute Gasteiger partial charge is 0.153 e. The van der Waals surface area contributed by atoms with Crippen LogP contribution < -0.4 is 5.32 Å². The van der Waals surface area contributed by atoms with Crippen LogP contribution in [0.1, 0.15) is 33.1 Å². The third kappa shape index (κ3) is 2.77. The SMILES string of the molecule is CC1CC(C)CC(S(=O)(=O)CC2CNC2)C1. The molecule has 1 saturated carbocycles. The Morgan fingerprint density at radius 2 is 1.62 bits per heavy atom. The predicted molar refractivity (Wildman–Crippen MR) is 66.1 cm³/mol. The molecule has 2 rings (SSSR count). The van der Waals surface area contributed by atoms with E-state index in [1.165, 1.54) is 6.42 Å². The molecular weight excluding hydrogens is 222 g/mol. The molecule has 2 unspecified atom stereocenters. The lowest BCUT2D eigenvalue weighted by atomic mass is 9.83. The van der Waals surface area contributed by atoms with E-state index in [2.05, 4.69) is 19.2 Å². The zero-order valence-corrected chi connectivity index (χ0v) is 11.1. The quantitative estimate of drug-likeness (QED) is 0.818. The van der Waals surface area contributed by atoms with Crippen molar-refractivity contribution in [1.82, 2.24) is 5.32 Å². The summed E-state index contributed by atoms with van der Waals surface area (Å²) in [5, 5.41) is 3.08. The topological polar surface area (TPSA) is 46.2 Å². The average Bonchev–Trinajstić information content (AvgIpc) is 2.10. The monoisotopic (exact) mass is 245 g/mol. The highest BCUT2D eigenvalue weighted by molar-refractivity contribution is 7.92. The minimum atomic E-state index is -2.85. The minimum Gasteiger partial charge on any atom is -0.316 e. The standard InChI is InChI=1S/C12H23NO2S/c1-9-3-10(2)5-12(4-9)16(14,15)8-11-6-13-7-11/h9-13H,3-8H2,1-2H3. The van der Waals surface area contributed by atoms with E-state index in [4.69, 9.17) is 0 Å². The van der Waals surface area contributed by atoms with Crippen LogP contribution in [0.5, 0.6) is 0 Å². The van der Waals surface area contributed by atoms with Gasteiger partial charge in [-0.15, -0.1) is 0 Å². The average molecular weight is 245 g/mol. The molecule has 2 aliphatic rings. The summed E-state index contributed by atoms with van der Waals surface area (Å²) in [6.07, 6.45) is 2.96. The van der Waals surface area contributed by atoms with Gasteiger partial charge in [0.25, 0.3) is 0 Å². The van der Waals surface area contributed by atoms with E-state index in [9.17, 15) is 8.42 Å². The third-order valence-corrected chi connectivity index (χ3v) is 6.31. The molecule has 0 aromatic rings. The Morgan fingerprint density at radius 1 is 1.06 bits per heavy atom. The maximum atomic E-state index is 12.3. The summed E-state index contributed by atoms with van der Waals surface area (Å²) in [5.74, 6) is 1.92. The Bertz CT molecular complexity index is 325. The first kappa shape index (κ1) is 12.4. The van der Waals surface area contributed by atoms with Crippen LogP contribution in [0.4, 0.5) is 0 Å². The van der Waals surface area contributed by atoms with E-state index in [0.29, 0.717) is 23.5 Å². The summed E-state index contributed by atoms with van der Waals surface area (Å²) in [5.41, 5.74) is 0. The van der Waals surface area contributed by atoms with Gasteiger partial charge < -0.3 is 5.32 Å². The number of hydrogen-bond acceptors (Lipinski definition) is 3. The van der Waals surface area contributed by atoms with Crippen molar-refractivity contribution in [3.05, 3.63) is 0 Å². The van der Waals surface area contributed by atoms with Crippen molar-refractivity contribution >= 4 is 9.84 Å². The highest BCUT2D eigenvalue weighted by atomic mass is 32.2. The van der Waals surface area contributed by atoms with Crippen LogP contribution in [-0.4, -0.2) is 32.5 Å². The van der Waals surface area contributed by atoms with Crippen molar-refractivity contribution in [3.63, 3.8) is 0 Å². The molecule has 4 heteroatoms. The molecule has 3 nitrogen and oxygen atoms in total. The largest absolute Gasteiger partial charge is 0.316 e. The third-order valence-electron chi connectivity index (χ3n) is 3.98. The summed E-state index contributed by atoms with van der Waals surface area (Å²) in [4.78, 5) is 0. The van der Waals surface area contributed by atoms with Gasteiger partial charge in [-0.05, 0) is 37.0 Å². The van der Waals surface area contributed by atoms with Crippen molar-refractivity contribution in [1.29, 1.82) is 0 Å². The lowest BCUT2D eigenvalue weighted by molar-refractivity contribution is 0.299. The molecule has 1 aliphatic heterocycles. The second kappa shape index (κ2) is 4.65. The van der Waals surface area contributed by atoms with E-state index >= 15 is 0 Å². The highest BCUT2D eigenvalue weighted by Crippen LogP contribution is 2.33. The van der Waals surface area contributed by atoms with Gasteiger partial charge in [0.2, 0.25) is 0 Å². The van der Waals surface area contributed by atoms with E-state index in [0.717, 1.165) is 25.9 Å². The minimum absolute atomic E-state index is 0.0631. The Morgan fingerprint density at radius 3 is 2.06 bits per heavy atom. The fourth-order valence-electron chi connectivity index (χ4n) is 3.10. The fourth-order valence-corrected chi connectivity index (χ4v) is 5.51. The molecule has 0 aromatic carbocycles. The highest BCUT2D eigenvalue weighted by Gasteiger charge is 2.35. The van der Waals surface area contributed by atoms with Gasteiger partial charge in [0.05, 0.1) is 11.0 Å². The molecule has 0 spiro atoms. The van der Waals surface area contributed by atoms with Gasteiger partial charge in [0, 0.05) is 13.1 Å². The van der Waals surface area contributed by atoms with E-state index in [1.54, 1.807) is 0 Å².